The Bertz CT molecular complexity index is 942. The van der Waals surface area contributed by atoms with Crippen LogP contribution in [0, 0.1) is 11.3 Å². The van der Waals surface area contributed by atoms with Gasteiger partial charge in [-0.05, 0) is 63.2 Å². The molecule has 1 aromatic heterocycles. The fourth-order valence-electron chi connectivity index (χ4n) is 5.03. The number of anilines is 3. The van der Waals surface area contributed by atoms with Crippen LogP contribution in [0.5, 0.6) is 0 Å². The Morgan fingerprint density at radius 3 is 2.63 bits per heavy atom. The molecule has 0 fully saturated rings. The summed E-state index contributed by atoms with van der Waals surface area (Å²) in [5.74, 6) is 1.19. The molecule has 2 heterocycles. The van der Waals surface area contributed by atoms with E-state index < -0.39 is 0 Å². The third-order valence-corrected chi connectivity index (χ3v) is 6.71. The van der Waals surface area contributed by atoms with E-state index in [1.807, 2.05) is 0 Å². The maximum Gasteiger partial charge on any atom is 0.149 e. The number of nitrogens with two attached hydrogens (primary N) is 1. The molecule has 3 rings (SSSR count). The number of fused-ring (bicyclic) bond motifs is 3. The highest BCUT2D eigenvalue weighted by atomic mass is 16.5. The van der Waals surface area contributed by atoms with Crippen LogP contribution in [0.1, 0.15) is 78.7 Å². The van der Waals surface area contributed by atoms with Crippen LogP contribution in [0.4, 0.5) is 17.2 Å². The van der Waals surface area contributed by atoms with Gasteiger partial charge in [-0.15, -0.1) is 0 Å². The SMILES string of the molecule is CCCCC1Nc2c(N)nc3cc(CCCCCN(C)CC(C)(C)COCC(C)C)ccc3c2N1. The number of hydrogen-bond acceptors (Lipinski definition) is 6. The average Bonchev–Trinajstić information content (AvgIpc) is 3.21. The van der Waals surface area contributed by atoms with Gasteiger partial charge in [0, 0.05) is 24.0 Å². The third-order valence-electron chi connectivity index (χ3n) is 6.71. The van der Waals surface area contributed by atoms with Crippen molar-refractivity contribution in [3.05, 3.63) is 23.8 Å². The summed E-state index contributed by atoms with van der Waals surface area (Å²) >= 11 is 0. The summed E-state index contributed by atoms with van der Waals surface area (Å²) in [6, 6.07) is 6.69. The van der Waals surface area contributed by atoms with Crippen LogP contribution in [0.25, 0.3) is 10.9 Å². The second-order valence-electron chi connectivity index (χ2n) is 11.7. The number of nitrogen functional groups attached to an aromatic ring is 1. The van der Waals surface area contributed by atoms with Crippen LogP contribution in [-0.4, -0.2) is 49.4 Å². The van der Waals surface area contributed by atoms with Crippen molar-refractivity contribution in [2.75, 3.05) is 49.7 Å². The van der Waals surface area contributed by atoms with Crippen molar-refractivity contribution in [3.63, 3.8) is 0 Å². The molecular formula is C29H49N5O. The van der Waals surface area contributed by atoms with Crippen LogP contribution in [0.3, 0.4) is 0 Å². The molecule has 0 bridgehead atoms. The lowest BCUT2D eigenvalue weighted by atomic mass is 9.94. The lowest BCUT2D eigenvalue weighted by Crippen LogP contribution is -2.35. The van der Waals surface area contributed by atoms with E-state index in [-0.39, 0.29) is 11.6 Å². The van der Waals surface area contributed by atoms with Gasteiger partial charge in [0.05, 0.1) is 24.0 Å². The summed E-state index contributed by atoms with van der Waals surface area (Å²) in [4.78, 5) is 7.17. The molecule has 0 spiro atoms. The van der Waals surface area contributed by atoms with E-state index in [0.29, 0.717) is 11.7 Å². The maximum atomic E-state index is 6.30. The maximum absolute atomic E-state index is 6.30. The molecule has 6 nitrogen and oxygen atoms in total. The van der Waals surface area contributed by atoms with Gasteiger partial charge in [-0.2, -0.15) is 0 Å². The molecule has 1 aliphatic rings. The minimum Gasteiger partial charge on any atom is -0.382 e. The molecule has 2 aromatic rings. The van der Waals surface area contributed by atoms with Crippen molar-refractivity contribution in [3.8, 4) is 0 Å². The van der Waals surface area contributed by atoms with Gasteiger partial charge >= 0.3 is 0 Å². The van der Waals surface area contributed by atoms with Crippen molar-refractivity contribution in [2.45, 2.75) is 85.7 Å². The second-order valence-corrected chi connectivity index (χ2v) is 11.7. The normalized spacial score (nSPS) is 15.6. The van der Waals surface area contributed by atoms with Gasteiger partial charge in [-0.25, -0.2) is 4.98 Å². The fourth-order valence-corrected chi connectivity index (χ4v) is 5.03. The number of pyridine rings is 1. The van der Waals surface area contributed by atoms with E-state index in [1.54, 1.807) is 0 Å². The number of aromatic nitrogens is 1. The largest absolute Gasteiger partial charge is 0.382 e. The van der Waals surface area contributed by atoms with E-state index in [9.17, 15) is 0 Å². The monoisotopic (exact) mass is 483 g/mol. The van der Waals surface area contributed by atoms with Gasteiger partial charge in [0.2, 0.25) is 0 Å². The standard InChI is InChI=1S/C29H49N5O/c1-7-8-13-25-32-26-23-15-14-22(17-24(23)31-28(30)27(26)33-25)12-10-9-11-16-34(6)19-29(4,5)20-35-18-21(2)3/h14-15,17,21,25,32-33H,7-13,16,18-20H2,1-6H3,(H2,30,31). The first-order valence-corrected chi connectivity index (χ1v) is 13.7. The molecule has 1 atom stereocenters. The highest BCUT2D eigenvalue weighted by Gasteiger charge is 2.24. The van der Waals surface area contributed by atoms with Crippen molar-refractivity contribution >= 4 is 28.1 Å². The van der Waals surface area contributed by atoms with Gasteiger partial charge in [-0.1, -0.05) is 59.6 Å². The van der Waals surface area contributed by atoms with E-state index in [0.717, 1.165) is 61.4 Å². The van der Waals surface area contributed by atoms with Crippen molar-refractivity contribution in [2.24, 2.45) is 11.3 Å². The molecule has 0 radical (unpaired) electrons. The zero-order valence-electron chi connectivity index (χ0n) is 23.0. The summed E-state index contributed by atoms with van der Waals surface area (Å²) < 4.78 is 5.89. The van der Waals surface area contributed by atoms with Crippen LogP contribution < -0.4 is 16.4 Å². The zero-order chi connectivity index (χ0) is 25.4. The van der Waals surface area contributed by atoms with Gasteiger partial charge in [0.15, 0.2) is 0 Å². The number of nitrogens with one attached hydrogen (secondary N) is 2. The van der Waals surface area contributed by atoms with Gasteiger partial charge in [0.25, 0.3) is 0 Å². The second kappa shape index (κ2) is 12.8. The number of benzene rings is 1. The molecule has 0 saturated heterocycles. The molecule has 196 valence electrons. The van der Waals surface area contributed by atoms with Gasteiger partial charge in [0.1, 0.15) is 11.5 Å². The highest BCUT2D eigenvalue weighted by Crippen LogP contribution is 2.40. The third kappa shape index (κ3) is 8.25. The van der Waals surface area contributed by atoms with Crippen LogP contribution >= 0.6 is 0 Å². The Morgan fingerprint density at radius 2 is 1.89 bits per heavy atom. The number of aryl methyl sites for hydroxylation is 1. The minimum atomic E-state index is 0.185. The predicted molar refractivity (Wildman–Crippen MR) is 151 cm³/mol. The Labute approximate surface area is 213 Å². The average molecular weight is 484 g/mol. The molecule has 35 heavy (non-hydrogen) atoms. The van der Waals surface area contributed by atoms with Crippen molar-refractivity contribution in [1.82, 2.24) is 9.88 Å². The molecule has 1 aliphatic heterocycles. The first kappa shape index (κ1) is 27.5. The number of nitrogens with zero attached hydrogens (tertiary/aromatic N) is 2. The number of ether oxygens (including phenoxy) is 1. The zero-order valence-corrected chi connectivity index (χ0v) is 23.0. The molecule has 6 heteroatoms. The smallest absolute Gasteiger partial charge is 0.149 e. The molecular weight excluding hydrogens is 434 g/mol. The lowest BCUT2D eigenvalue weighted by Gasteiger charge is -2.30. The fraction of sp³-hybridized carbons (Fsp3) is 0.690. The minimum absolute atomic E-state index is 0.185. The predicted octanol–water partition coefficient (Wildman–Crippen LogP) is 6.51. The number of hydrogen-bond donors (Lipinski definition) is 3. The molecule has 0 saturated carbocycles. The van der Waals surface area contributed by atoms with Gasteiger partial charge in [-0.3, -0.25) is 0 Å². The van der Waals surface area contributed by atoms with E-state index in [2.05, 4.69) is 75.4 Å². The van der Waals surface area contributed by atoms with E-state index >= 15 is 0 Å². The van der Waals surface area contributed by atoms with Crippen LogP contribution in [0.2, 0.25) is 0 Å². The Kier molecular flexibility index (Phi) is 10.0. The molecule has 4 N–H and O–H groups in total. The van der Waals surface area contributed by atoms with Crippen molar-refractivity contribution < 1.29 is 4.74 Å². The van der Waals surface area contributed by atoms with Crippen LogP contribution in [0.15, 0.2) is 18.2 Å². The molecule has 1 aromatic carbocycles. The first-order chi connectivity index (χ1) is 16.7. The summed E-state index contributed by atoms with van der Waals surface area (Å²) in [5, 5.41) is 8.31. The Morgan fingerprint density at radius 1 is 1.11 bits per heavy atom. The van der Waals surface area contributed by atoms with E-state index in [1.165, 1.54) is 37.7 Å². The number of unbranched alkanes of at least 4 members (excludes halogenated alkanes) is 3. The summed E-state index contributed by atoms with van der Waals surface area (Å²) in [6.45, 7) is 15.1. The molecule has 0 aliphatic carbocycles. The lowest BCUT2D eigenvalue weighted by molar-refractivity contribution is 0.0313. The highest BCUT2D eigenvalue weighted by molar-refractivity contribution is 6.03. The number of rotatable bonds is 15. The van der Waals surface area contributed by atoms with Crippen molar-refractivity contribution in [1.29, 1.82) is 0 Å². The summed E-state index contributed by atoms with van der Waals surface area (Å²) in [6.07, 6.45) is 8.44. The summed E-state index contributed by atoms with van der Waals surface area (Å²) in [7, 11) is 2.23. The van der Waals surface area contributed by atoms with E-state index in [4.69, 9.17) is 15.5 Å². The molecule has 0 amide bonds. The quantitative estimate of drug-likeness (QED) is 0.251. The van der Waals surface area contributed by atoms with Gasteiger partial charge < -0.3 is 26.0 Å². The molecule has 1 unspecified atom stereocenters. The Hall–Kier alpha value is -2.05. The summed E-state index contributed by atoms with van der Waals surface area (Å²) in [5.41, 5.74) is 10.9. The Balaban J connectivity index is 1.44. The topological polar surface area (TPSA) is 75.4 Å². The first-order valence-electron chi connectivity index (χ1n) is 13.7. The van der Waals surface area contributed by atoms with Crippen LogP contribution in [-0.2, 0) is 11.2 Å².